The molecule has 0 aromatic carbocycles. The highest BCUT2D eigenvalue weighted by Crippen LogP contribution is 1.96. The third-order valence-electron chi connectivity index (χ3n) is 3.39. The van der Waals surface area contributed by atoms with Crippen molar-refractivity contribution < 1.29 is 4.79 Å². The van der Waals surface area contributed by atoms with Gasteiger partial charge in [0.1, 0.15) is 6.54 Å². The van der Waals surface area contributed by atoms with Crippen molar-refractivity contribution in [3.63, 3.8) is 0 Å². The molecule has 0 saturated carbocycles. The molecule has 1 aromatic heterocycles. The quantitative estimate of drug-likeness (QED) is 0.685. The van der Waals surface area contributed by atoms with Gasteiger partial charge in [-0.2, -0.15) is 0 Å². The second-order valence-electron chi connectivity index (χ2n) is 4.94. The van der Waals surface area contributed by atoms with Crippen molar-refractivity contribution in [3.05, 3.63) is 33.1 Å². The average molecular weight is 296 g/mol. The molecule has 21 heavy (non-hydrogen) atoms. The van der Waals surface area contributed by atoms with E-state index in [0.29, 0.717) is 13.0 Å². The first kappa shape index (κ1) is 17.2. The predicted octanol–water partition coefficient (Wildman–Crippen LogP) is -0.336. The van der Waals surface area contributed by atoms with Gasteiger partial charge < -0.3 is 11.1 Å². The van der Waals surface area contributed by atoms with Crippen LogP contribution in [0.25, 0.3) is 0 Å². The SMILES string of the molecule is CCC(CC)NC(=O)Cn1ccc(=O)n(CCCN)c1=O. The van der Waals surface area contributed by atoms with Crippen molar-refractivity contribution in [2.75, 3.05) is 6.54 Å². The van der Waals surface area contributed by atoms with Gasteiger partial charge in [0.25, 0.3) is 5.56 Å². The van der Waals surface area contributed by atoms with E-state index in [-0.39, 0.29) is 30.6 Å². The van der Waals surface area contributed by atoms with E-state index in [2.05, 4.69) is 5.32 Å². The Labute approximate surface area is 123 Å². The number of nitrogens with one attached hydrogen (secondary N) is 1. The molecule has 3 N–H and O–H groups in total. The standard InChI is InChI=1S/C14H24N4O3/c1-3-11(4-2)16-12(19)10-17-9-6-13(20)18(14(17)21)8-5-7-15/h6,9,11H,3-5,7-8,10,15H2,1-2H3,(H,16,19). The molecule has 1 amide bonds. The minimum Gasteiger partial charge on any atom is -0.352 e. The van der Waals surface area contributed by atoms with Crippen LogP contribution in [0.3, 0.4) is 0 Å². The van der Waals surface area contributed by atoms with E-state index >= 15 is 0 Å². The summed E-state index contributed by atoms with van der Waals surface area (Å²) in [7, 11) is 0. The Morgan fingerprint density at radius 2 is 2.00 bits per heavy atom. The molecule has 7 heteroatoms. The smallest absolute Gasteiger partial charge is 0.331 e. The molecule has 0 saturated heterocycles. The van der Waals surface area contributed by atoms with Crippen LogP contribution >= 0.6 is 0 Å². The lowest BCUT2D eigenvalue weighted by atomic mass is 10.2. The summed E-state index contributed by atoms with van der Waals surface area (Å²) in [6.45, 7) is 4.57. The van der Waals surface area contributed by atoms with Crippen LogP contribution in [0.1, 0.15) is 33.1 Å². The molecule has 0 atom stereocenters. The van der Waals surface area contributed by atoms with Crippen molar-refractivity contribution in [2.45, 2.75) is 52.2 Å². The van der Waals surface area contributed by atoms with E-state index in [4.69, 9.17) is 5.73 Å². The summed E-state index contributed by atoms with van der Waals surface area (Å²) < 4.78 is 2.35. The van der Waals surface area contributed by atoms with Gasteiger partial charge in [-0.3, -0.25) is 18.7 Å². The summed E-state index contributed by atoms with van der Waals surface area (Å²) in [6, 6.07) is 1.40. The molecule has 1 rings (SSSR count). The lowest BCUT2D eigenvalue weighted by molar-refractivity contribution is -0.122. The molecule has 1 heterocycles. The Morgan fingerprint density at radius 1 is 1.33 bits per heavy atom. The molecule has 0 unspecified atom stereocenters. The fraction of sp³-hybridized carbons (Fsp3) is 0.643. The maximum atomic E-state index is 12.2. The number of hydrogen-bond donors (Lipinski definition) is 2. The Balaban J connectivity index is 2.87. The van der Waals surface area contributed by atoms with E-state index in [0.717, 1.165) is 17.4 Å². The normalized spacial score (nSPS) is 10.9. The lowest BCUT2D eigenvalue weighted by Gasteiger charge is -2.15. The number of carbonyl (C=O) groups excluding carboxylic acids is 1. The van der Waals surface area contributed by atoms with Crippen molar-refractivity contribution in [1.82, 2.24) is 14.5 Å². The van der Waals surface area contributed by atoms with Crippen molar-refractivity contribution in [1.29, 1.82) is 0 Å². The third-order valence-corrected chi connectivity index (χ3v) is 3.39. The lowest BCUT2D eigenvalue weighted by Crippen LogP contribution is -2.43. The van der Waals surface area contributed by atoms with E-state index in [1.54, 1.807) is 0 Å². The van der Waals surface area contributed by atoms with Gasteiger partial charge in [0.15, 0.2) is 0 Å². The predicted molar refractivity (Wildman–Crippen MR) is 81.1 cm³/mol. The minimum absolute atomic E-state index is 0.0851. The van der Waals surface area contributed by atoms with Crippen LogP contribution in [0.4, 0.5) is 0 Å². The average Bonchev–Trinajstić information content (AvgIpc) is 2.47. The summed E-state index contributed by atoms with van der Waals surface area (Å²) in [4.78, 5) is 35.7. The van der Waals surface area contributed by atoms with Gasteiger partial charge in [-0.25, -0.2) is 4.79 Å². The summed E-state index contributed by atoms with van der Waals surface area (Å²) in [5.74, 6) is -0.227. The second kappa shape index (κ2) is 8.41. The molecule has 0 aliphatic rings. The van der Waals surface area contributed by atoms with Crippen LogP contribution in [0, 0.1) is 0 Å². The largest absolute Gasteiger partial charge is 0.352 e. The molecular weight excluding hydrogens is 272 g/mol. The number of hydrogen-bond acceptors (Lipinski definition) is 4. The topological polar surface area (TPSA) is 99.1 Å². The fourth-order valence-electron chi connectivity index (χ4n) is 2.05. The van der Waals surface area contributed by atoms with Gasteiger partial charge in [0, 0.05) is 24.8 Å². The molecule has 0 radical (unpaired) electrons. The van der Waals surface area contributed by atoms with Crippen LogP contribution in [-0.2, 0) is 17.9 Å². The zero-order valence-electron chi connectivity index (χ0n) is 12.7. The van der Waals surface area contributed by atoms with Crippen LogP contribution in [0.2, 0.25) is 0 Å². The van der Waals surface area contributed by atoms with Crippen LogP contribution in [-0.4, -0.2) is 27.6 Å². The minimum atomic E-state index is -0.476. The first-order valence-corrected chi connectivity index (χ1v) is 7.33. The Bertz CT molecular complexity index is 572. The van der Waals surface area contributed by atoms with Crippen molar-refractivity contribution >= 4 is 5.91 Å². The van der Waals surface area contributed by atoms with Gasteiger partial charge in [-0.1, -0.05) is 13.8 Å². The highest BCUT2D eigenvalue weighted by Gasteiger charge is 2.11. The number of aromatic nitrogens is 2. The molecule has 118 valence electrons. The Morgan fingerprint density at radius 3 is 2.57 bits per heavy atom. The molecular formula is C14H24N4O3. The van der Waals surface area contributed by atoms with Gasteiger partial charge in [0.2, 0.25) is 5.91 Å². The number of nitrogens with zero attached hydrogens (tertiary/aromatic N) is 2. The van der Waals surface area contributed by atoms with E-state index in [9.17, 15) is 14.4 Å². The van der Waals surface area contributed by atoms with Crippen molar-refractivity contribution in [3.8, 4) is 0 Å². The molecule has 7 nitrogen and oxygen atoms in total. The zero-order chi connectivity index (χ0) is 15.8. The van der Waals surface area contributed by atoms with Gasteiger partial charge in [0.05, 0.1) is 0 Å². The number of rotatable bonds is 8. The highest BCUT2D eigenvalue weighted by atomic mass is 16.2. The van der Waals surface area contributed by atoms with Crippen LogP contribution in [0.15, 0.2) is 21.9 Å². The van der Waals surface area contributed by atoms with E-state index < -0.39 is 5.69 Å². The first-order chi connectivity index (χ1) is 10.0. The van der Waals surface area contributed by atoms with Gasteiger partial charge >= 0.3 is 5.69 Å². The van der Waals surface area contributed by atoms with E-state index in [1.165, 1.54) is 16.8 Å². The molecule has 0 aliphatic carbocycles. The Hall–Kier alpha value is -1.89. The molecule has 1 aromatic rings. The summed E-state index contributed by atoms with van der Waals surface area (Å²) in [5.41, 5.74) is 4.55. The zero-order valence-corrected chi connectivity index (χ0v) is 12.7. The molecule has 0 aliphatic heterocycles. The van der Waals surface area contributed by atoms with Crippen molar-refractivity contribution in [2.24, 2.45) is 5.73 Å². The highest BCUT2D eigenvalue weighted by molar-refractivity contribution is 5.76. The first-order valence-electron chi connectivity index (χ1n) is 7.33. The summed E-state index contributed by atoms with van der Waals surface area (Å²) in [6.07, 6.45) is 3.58. The number of amides is 1. The summed E-state index contributed by atoms with van der Waals surface area (Å²) in [5, 5.41) is 2.86. The maximum absolute atomic E-state index is 12.2. The Kier molecular flexibility index (Phi) is 6.87. The fourth-order valence-corrected chi connectivity index (χ4v) is 2.05. The summed E-state index contributed by atoms with van der Waals surface area (Å²) >= 11 is 0. The third kappa shape index (κ3) is 4.86. The van der Waals surface area contributed by atoms with Gasteiger partial charge in [-0.05, 0) is 25.8 Å². The monoisotopic (exact) mass is 296 g/mol. The van der Waals surface area contributed by atoms with E-state index in [1.807, 2.05) is 13.8 Å². The second-order valence-corrected chi connectivity index (χ2v) is 4.94. The number of carbonyl (C=O) groups is 1. The van der Waals surface area contributed by atoms with Crippen LogP contribution in [0.5, 0.6) is 0 Å². The molecule has 0 fully saturated rings. The van der Waals surface area contributed by atoms with Crippen LogP contribution < -0.4 is 22.3 Å². The molecule has 0 spiro atoms. The molecule has 0 bridgehead atoms. The van der Waals surface area contributed by atoms with Gasteiger partial charge in [-0.15, -0.1) is 0 Å². The maximum Gasteiger partial charge on any atom is 0.331 e. The number of nitrogens with two attached hydrogens (primary N) is 1.